The number of nitrogens with zero attached hydrogens (tertiary/aromatic N) is 3. The van der Waals surface area contributed by atoms with Gasteiger partial charge in [-0.25, -0.2) is 0 Å². The summed E-state index contributed by atoms with van der Waals surface area (Å²) >= 11 is 6.80. The number of hydrogen-bond donors (Lipinski definition) is 1. The molecule has 0 saturated carbocycles. The number of amides is 1. The van der Waals surface area contributed by atoms with Crippen molar-refractivity contribution in [1.82, 2.24) is 14.9 Å². The quantitative estimate of drug-likeness (QED) is 0.161. The topological polar surface area (TPSA) is 79.5 Å². The second kappa shape index (κ2) is 12.6. The minimum Gasteiger partial charge on any atom is -0.512 e. The van der Waals surface area contributed by atoms with E-state index in [1.807, 2.05) is 58.0 Å². The van der Waals surface area contributed by atoms with Gasteiger partial charge in [-0.15, -0.1) is 0 Å². The highest BCUT2D eigenvalue weighted by Gasteiger charge is 2.35. The van der Waals surface area contributed by atoms with E-state index in [1.54, 1.807) is 30.5 Å². The number of aryl methyl sites for hydroxylation is 2. The van der Waals surface area contributed by atoms with Crippen molar-refractivity contribution >= 4 is 28.5 Å². The lowest BCUT2D eigenvalue weighted by atomic mass is 9.82. The average Bonchev–Trinajstić information content (AvgIpc) is 3.50. The van der Waals surface area contributed by atoms with Crippen LogP contribution in [0.15, 0.2) is 89.7 Å². The second-order valence-electron chi connectivity index (χ2n) is 11.7. The highest BCUT2D eigenvalue weighted by atomic mass is 35.5. The van der Waals surface area contributed by atoms with Crippen LogP contribution < -0.4 is 0 Å². The Hall–Kier alpha value is -4.63. The Labute approximate surface area is 270 Å². The van der Waals surface area contributed by atoms with Crippen LogP contribution in [0.5, 0.6) is 0 Å². The van der Waals surface area contributed by atoms with Crippen LogP contribution in [0.25, 0.3) is 22.2 Å². The number of carbonyl (C=O) groups is 1. The van der Waals surface area contributed by atoms with Gasteiger partial charge in [0.1, 0.15) is 11.3 Å². The first-order chi connectivity index (χ1) is 21.7. The van der Waals surface area contributed by atoms with Gasteiger partial charge in [0.05, 0.1) is 23.4 Å². The largest absolute Gasteiger partial charge is 0.512 e. The Morgan fingerprint density at radius 3 is 2.39 bits per heavy atom. The molecule has 3 aromatic heterocycles. The van der Waals surface area contributed by atoms with Crippen LogP contribution in [0.2, 0.25) is 5.02 Å². The third kappa shape index (κ3) is 6.65. The normalized spacial score (nSPS) is 12.0. The zero-order chi connectivity index (χ0) is 33.4. The monoisotopic (exact) mass is 647 g/mol. The van der Waals surface area contributed by atoms with Crippen molar-refractivity contribution in [2.24, 2.45) is 0 Å². The number of aromatic nitrogens is 2. The van der Waals surface area contributed by atoms with Gasteiger partial charge in [0.25, 0.3) is 5.91 Å². The minimum absolute atomic E-state index is 0.0193. The molecule has 5 aromatic rings. The number of hydrogen-bond acceptors (Lipinski definition) is 5. The summed E-state index contributed by atoms with van der Waals surface area (Å²) in [5.74, 6) is -1.59. The third-order valence-electron chi connectivity index (χ3n) is 8.17. The van der Waals surface area contributed by atoms with Crippen molar-refractivity contribution in [2.45, 2.75) is 58.8 Å². The fraction of sp³-hybridized carbons (Fsp3) is 0.250. The van der Waals surface area contributed by atoms with Crippen molar-refractivity contribution in [3.63, 3.8) is 0 Å². The number of pyridine rings is 2. The van der Waals surface area contributed by atoms with Gasteiger partial charge in [-0.3, -0.25) is 14.8 Å². The summed E-state index contributed by atoms with van der Waals surface area (Å²) in [5, 5.41) is 10.5. The molecule has 1 N–H and O–H groups in total. The summed E-state index contributed by atoms with van der Waals surface area (Å²) < 4.78 is 45.1. The molecule has 0 atom stereocenters. The molecule has 238 valence electrons. The van der Waals surface area contributed by atoms with Crippen LogP contribution in [0, 0.1) is 6.92 Å². The first kappa shape index (κ1) is 32.8. The molecule has 0 aliphatic carbocycles. The predicted octanol–water partition coefficient (Wildman–Crippen LogP) is 9.62. The Morgan fingerprint density at radius 2 is 1.74 bits per heavy atom. The van der Waals surface area contributed by atoms with E-state index in [9.17, 15) is 23.1 Å². The van der Waals surface area contributed by atoms with Crippen LogP contribution in [0.1, 0.15) is 65.0 Å². The lowest BCUT2D eigenvalue weighted by Crippen LogP contribution is -2.30. The lowest BCUT2D eigenvalue weighted by molar-refractivity contribution is -0.153. The van der Waals surface area contributed by atoms with Crippen LogP contribution in [-0.2, 0) is 31.1 Å². The number of rotatable bonds is 9. The number of furan rings is 1. The van der Waals surface area contributed by atoms with Gasteiger partial charge in [-0.05, 0) is 85.3 Å². The van der Waals surface area contributed by atoms with E-state index in [-0.39, 0.29) is 30.2 Å². The fourth-order valence-electron chi connectivity index (χ4n) is 5.13. The zero-order valence-corrected chi connectivity index (χ0v) is 26.6. The van der Waals surface area contributed by atoms with Crippen LogP contribution >= 0.6 is 11.6 Å². The number of aliphatic hydroxyl groups excluding tert-OH is 1. The lowest BCUT2D eigenvalue weighted by Gasteiger charge is -2.25. The molecule has 0 bridgehead atoms. The number of carbonyl (C=O) groups excluding carboxylic acids is 1. The summed E-state index contributed by atoms with van der Waals surface area (Å²) in [5.41, 5.74) is 5.24. The van der Waals surface area contributed by atoms with Crippen LogP contribution in [-0.4, -0.2) is 25.9 Å². The van der Waals surface area contributed by atoms with Gasteiger partial charge in [-0.1, -0.05) is 61.5 Å². The molecule has 5 rings (SSSR count). The number of aliphatic hydroxyl groups is 1. The molecule has 0 unspecified atom stereocenters. The van der Waals surface area contributed by atoms with Gasteiger partial charge in [0, 0.05) is 28.9 Å². The minimum atomic E-state index is -4.66. The zero-order valence-electron chi connectivity index (χ0n) is 25.9. The number of allylic oxidation sites excluding steroid dienone is 1. The Bertz CT molecular complexity index is 1950. The van der Waals surface area contributed by atoms with Crippen molar-refractivity contribution in [3.8, 4) is 11.1 Å². The third-order valence-corrected chi connectivity index (χ3v) is 8.52. The summed E-state index contributed by atoms with van der Waals surface area (Å²) in [6, 6.07) is 18.6. The molecule has 2 aromatic carbocycles. The molecule has 1 amide bonds. The van der Waals surface area contributed by atoms with Crippen molar-refractivity contribution in [3.05, 3.63) is 130 Å². The second-order valence-corrected chi connectivity index (χ2v) is 12.1. The first-order valence-electron chi connectivity index (χ1n) is 14.7. The highest BCUT2D eigenvalue weighted by molar-refractivity contribution is 6.31. The van der Waals surface area contributed by atoms with E-state index in [2.05, 4.69) is 16.5 Å². The number of halogens is 4. The maximum atomic E-state index is 14.3. The maximum Gasteiger partial charge on any atom is 0.449 e. The summed E-state index contributed by atoms with van der Waals surface area (Å²) in [6.45, 7) is 11.0. The number of benzene rings is 2. The molecule has 0 saturated heterocycles. The van der Waals surface area contributed by atoms with E-state index in [0.29, 0.717) is 33.7 Å². The van der Waals surface area contributed by atoms with Crippen LogP contribution in [0.3, 0.4) is 0 Å². The molecule has 0 spiro atoms. The van der Waals surface area contributed by atoms with Gasteiger partial charge in [-0.2, -0.15) is 13.2 Å². The van der Waals surface area contributed by atoms with Gasteiger partial charge in [0.2, 0.25) is 5.76 Å². The van der Waals surface area contributed by atoms with E-state index >= 15 is 0 Å². The van der Waals surface area contributed by atoms with E-state index in [0.717, 1.165) is 28.3 Å². The Kier molecular flexibility index (Phi) is 9.00. The number of fused-ring (bicyclic) bond motifs is 1. The molecular formula is C36H33ClF3N3O3. The molecule has 0 radical (unpaired) electrons. The molecular weight excluding hydrogens is 615 g/mol. The molecule has 0 fully saturated rings. The Balaban J connectivity index is 1.54. The van der Waals surface area contributed by atoms with E-state index in [1.165, 1.54) is 11.0 Å². The van der Waals surface area contributed by atoms with Crippen molar-refractivity contribution in [1.29, 1.82) is 0 Å². The summed E-state index contributed by atoms with van der Waals surface area (Å²) in [7, 11) is 0. The van der Waals surface area contributed by atoms with Crippen molar-refractivity contribution < 1.29 is 27.5 Å². The molecule has 0 aliphatic heterocycles. The first-order valence-corrected chi connectivity index (χ1v) is 15.0. The summed E-state index contributed by atoms with van der Waals surface area (Å²) in [6.07, 6.45) is -2.51. The molecule has 3 heterocycles. The molecule has 6 nitrogen and oxygen atoms in total. The average molecular weight is 648 g/mol. The van der Waals surface area contributed by atoms with Gasteiger partial charge in [0.15, 0.2) is 0 Å². The predicted molar refractivity (Wildman–Crippen MR) is 173 cm³/mol. The van der Waals surface area contributed by atoms with Gasteiger partial charge >= 0.3 is 6.18 Å². The van der Waals surface area contributed by atoms with Crippen LogP contribution in [0.4, 0.5) is 13.2 Å². The van der Waals surface area contributed by atoms with Crippen molar-refractivity contribution in [2.75, 3.05) is 0 Å². The highest BCUT2D eigenvalue weighted by Crippen LogP contribution is 2.35. The summed E-state index contributed by atoms with van der Waals surface area (Å²) in [4.78, 5) is 24.8. The van der Waals surface area contributed by atoms with Gasteiger partial charge < -0.3 is 14.4 Å². The smallest absolute Gasteiger partial charge is 0.449 e. The SMILES string of the molecule is C=C(O)C(C)(C)c1cccc(-c2ccc(CN(Cc3ccc(C(F)(F)F)o3)C(=O)c3cc(CC)nc4c(C)ccnc34)c(Cl)c2)c1. The standard InChI is InChI=1S/C36H33ClF3N3O3/c1-6-27-18-29(33-32(42-27)21(2)14-15-41-33)34(45)43(20-28-12-13-31(46-28)36(38,39)40)19-25-11-10-24(17-30(25)37)23-8-7-9-26(16-23)35(4,5)22(3)44/h7-18,44H,3,6,19-20H2,1-2,4-5H3. The molecule has 46 heavy (non-hydrogen) atoms. The maximum absolute atomic E-state index is 14.3. The molecule has 10 heteroatoms. The Morgan fingerprint density at radius 1 is 1.00 bits per heavy atom. The fourth-order valence-corrected chi connectivity index (χ4v) is 5.37. The number of alkyl halides is 3. The van der Waals surface area contributed by atoms with E-state index in [4.69, 9.17) is 16.0 Å². The van der Waals surface area contributed by atoms with E-state index < -0.39 is 23.3 Å². The molecule has 0 aliphatic rings.